The highest BCUT2D eigenvalue weighted by atomic mass is 32.2. The van der Waals surface area contributed by atoms with Crippen molar-refractivity contribution in [2.24, 2.45) is 0 Å². The zero-order valence-corrected chi connectivity index (χ0v) is 19.3. The van der Waals surface area contributed by atoms with Gasteiger partial charge in [-0.1, -0.05) is 86.3 Å². The van der Waals surface area contributed by atoms with E-state index in [1.165, 1.54) is 22.9 Å². The fourth-order valence-corrected chi connectivity index (χ4v) is 4.42. The third-order valence-corrected chi connectivity index (χ3v) is 6.31. The topological polar surface area (TPSA) is 63.1 Å². The van der Waals surface area contributed by atoms with Gasteiger partial charge in [-0.15, -0.1) is 10.2 Å². The minimum absolute atomic E-state index is 0.00463. The van der Waals surface area contributed by atoms with E-state index in [-0.39, 0.29) is 11.9 Å². The molecule has 0 radical (unpaired) electrons. The van der Waals surface area contributed by atoms with Gasteiger partial charge in [0.2, 0.25) is 5.91 Å². The van der Waals surface area contributed by atoms with Crippen LogP contribution in [0.5, 0.6) is 0 Å². The summed E-state index contributed by atoms with van der Waals surface area (Å²) in [5.74, 6) is 1.16. The summed E-state index contributed by atoms with van der Waals surface area (Å²) in [6, 6.07) is 20.7. The summed E-state index contributed by atoms with van der Waals surface area (Å²) in [5.41, 5.74) is 2.40. The maximum absolute atomic E-state index is 12.6. The Kier molecular flexibility index (Phi) is 8.67. The van der Waals surface area contributed by atoms with Crippen LogP contribution in [0.1, 0.15) is 36.8 Å². The number of aromatic nitrogens is 3. The van der Waals surface area contributed by atoms with Crippen LogP contribution in [0.25, 0.3) is 0 Å². The van der Waals surface area contributed by atoms with Crippen LogP contribution in [0, 0.1) is 6.92 Å². The Morgan fingerprint density at radius 2 is 1.68 bits per heavy atom. The van der Waals surface area contributed by atoms with Crippen LogP contribution in [0.2, 0.25) is 0 Å². The molecule has 0 spiro atoms. The van der Waals surface area contributed by atoms with E-state index in [2.05, 4.69) is 63.1 Å². The van der Waals surface area contributed by atoms with Crippen molar-refractivity contribution < 1.29 is 4.79 Å². The van der Waals surface area contributed by atoms with Crippen molar-refractivity contribution in [1.29, 1.82) is 0 Å². The molecule has 0 saturated heterocycles. The van der Waals surface area contributed by atoms with E-state index in [0.29, 0.717) is 18.8 Å². The second kappa shape index (κ2) is 11.7. The van der Waals surface area contributed by atoms with Crippen LogP contribution >= 0.6 is 11.8 Å². The molecule has 1 heterocycles. The van der Waals surface area contributed by atoms with Crippen LogP contribution in [-0.4, -0.2) is 51.0 Å². The Morgan fingerprint density at radius 1 is 1.03 bits per heavy atom. The first-order valence-corrected chi connectivity index (χ1v) is 11.7. The standard InChI is InChI=1S/C24H31N5OS/c1-4-28(5-2)22(21-14-10-7-11-15-21)16-25-23(30)18-31-24-27-26-19(3)29(24)17-20-12-8-6-9-13-20/h6-15,22H,4-5,16-18H2,1-3H3,(H,25,30). The quantitative estimate of drug-likeness (QED) is 0.461. The van der Waals surface area contributed by atoms with E-state index < -0.39 is 0 Å². The normalized spacial score (nSPS) is 12.1. The van der Waals surface area contributed by atoms with Gasteiger partial charge in [-0.25, -0.2) is 0 Å². The number of aryl methyl sites for hydroxylation is 1. The van der Waals surface area contributed by atoms with Crippen molar-refractivity contribution in [2.45, 2.75) is 38.5 Å². The number of rotatable bonds is 11. The molecule has 0 saturated carbocycles. The largest absolute Gasteiger partial charge is 0.353 e. The highest BCUT2D eigenvalue weighted by molar-refractivity contribution is 7.99. The van der Waals surface area contributed by atoms with Crippen LogP contribution in [0.3, 0.4) is 0 Å². The molecule has 0 aliphatic rings. The molecule has 1 amide bonds. The average molecular weight is 438 g/mol. The molecular formula is C24H31N5OS. The van der Waals surface area contributed by atoms with Gasteiger partial charge in [-0.2, -0.15) is 0 Å². The van der Waals surface area contributed by atoms with Gasteiger partial charge in [0.1, 0.15) is 5.82 Å². The Morgan fingerprint density at radius 3 is 2.32 bits per heavy atom. The van der Waals surface area contributed by atoms with Crippen molar-refractivity contribution >= 4 is 17.7 Å². The molecule has 0 fully saturated rings. The molecule has 3 aromatic rings. The number of benzene rings is 2. The molecule has 1 atom stereocenters. The van der Waals surface area contributed by atoms with Gasteiger partial charge in [0.25, 0.3) is 0 Å². The van der Waals surface area contributed by atoms with Crippen molar-refractivity contribution in [2.75, 3.05) is 25.4 Å². The third-order valence-electron chi connectivity index (χ3n) is 5.35. The first kappa shape index (κ1) is 23.0. The van der Waals surface area contributed by atoms with Crippen LogP contribution in [-0.2, 0) is 11.3 Å². The summed E-state index contributed by atoms with van der Waals surface area (Å²) in [7, 11) is 0. The number of hydrogen-bond acceptors (Lipinski definition) is 5. The zero-order chi connectivity index (χ0) is 22.1. The molecule has 1 N–H and O–H groups in total. The fourth-order valence-electron chi connectivity index (χ4n) is 3.61. The molecule has 0 bridgehead atoms. The van der Waals surface area contributed by atoms with Gasteiger partial charge in [0, 0.05) is 6.54 Å². The van der Waals surface area contributed by atoms with Gasteiger partial charge in [0.15, 0.2) is 5.16 Å². The lowest BCUT2D eigenvalue weighted by molar-refractivity contribution is -0.118. The maximum atomic E-state index is 12.6. The van der Waals surface area contributed by atoms with Gasteiger partial charge >= 0.3 is 0 Å². The third kappa shape index (κ3) is 6.42. The van der Waals surface area contributed by atoms with E-state index in [1.807, 2.05) is 43.3 Å². The Bertz CT molecular complexity index is 941. The molecular weight excluding hydrogens is 406 g/mol. The lowest BCUT2D eigenvalue weighted by Gasteiger charge is -2.30. The number of nitrogens with zero attached hydrogens (tertiary/aromatic N) is 4. The number of hydrogen-bond donors (Lipinski definition) is 1. The molecule has 164 valence electrons. The fraction of sp³-hybridized carbons (Fsp3) is 0.375. The van der Waals surface area contributed by atoms with E-state index in [0.717, 1.165) is 24.1 Å². The predicted molar refractivity (Wildman–Crippen MR) is 126 cm³/mol. The van der Waals surface area contributed by atoms with Gasteiger partial charge in [-0.05, 0) is 31.1 Å². The summed E-state index contributed by atoms with van der Waals surface area (Å²) in [6.45, 7) is 9.39. The molecule has 0 aliphatic heterocycles. The molecule has 1 aromatic heterocycles. The Labute approximate surface area is 189 Å². The van der Waals surface area contributed by atoms with E-state index in [1.54, 1.807) is 0 Å². The second-order valence-electron chi connectivity index (χ2n) is 7.34. The van der Waals surface area contributed by atoms with Crippen LogP contribution in [0.15, 0.2) is 65.8 Å². The number of likely N-dealkylation sites (N-methyl/N-ethyl adjacent to an activating group) is 1. The number of carbonyl (C=O) groups is 1. The van der Waals surface area contributed by atoms with Crippen molar-refractivity contribution in [3.8, 4) is 0 Å². The lowest BCUT2D eigenvalue weighted by Crippen LogP contribution is -2.38. The van der Waals surface area contributed by atoms with Gasteiger partial charge in [0.05, 0.1) is 18.3 Å². The first-order valence-electron chi connectivity index (χ1n) is 10.7. The van der Waals surface area contributed by atoms with E-state index in [9.17, 15) is 4.79 Å². The molecule has 7 heteroatoms. The smallest absolute Gasteiger partial charge is 0.230 e. The molecule has 0 aliphatic carbocycles. The van der Waals surface area contributed by atoms with E-state index >= 15 is 0 Å². The SMILES string of the molecule is CCN(CC)C(CNC(=O)CSc1nnc(C)n1Cc1ccccc1)c1ccccc1. The average Bonchev–Trinajstić information content (AvgIpc) is 3.15. The number of nitrogens with one attached hydrogen (secondary N) is 1. The minimum Gasteiger partial charge on any atom is -0.353 e. The number of thioether (sulfide) groups is 1. The van der Waals surface area contributed by atoms with Crippen molar-refractivity contribution in [1.82, 2.24) is 25.0 Å². The van der Waals surface area contributed by atoms with Crippen LogP contribution < -0.4 is 5.32 Å². The number of carbonyl (C=O) groups excluding carboxylic acids is 1. The van der Waals surface area contributed by atoms with E-state index in [4.69, 9.17) is 0 Å². The predicted octanol–water partition coefficient (Wildman–Crippen LogP) is 3.93. The van der Waals surface area contributed by atoms with Crippen LogP contribution in [0.4, 0.5) is 0 Å². The summed E-state index contributed by atoms with van der Waals surface area (Å²) in [4.78, 5) is 15.0. The molecule has 31 heavy (non-hydrogen) atoms. The second-order valence-corrected chi connectivity index (χ2v) is 8.28. The monoisotopic (exact) mass is 437 g/mol. The molecule has 6 nitrogen and oxygen atoms in total. The summed E-state index contributed by atoms with van der Waals surface area (Å²) < 4.78 is 2.05. The van der Waals surface area contributed by atoms with Crippen molar-refractivity contribution in [3.05, 3.63) is 77.6 Å². The summed E-state index contributed by atoms with van der Waals surface area (Å²) in [5, 5.41) is 12.4. The zero-order valence-electron chi connectivity index (χ0n) is 18.5. The Balaban J connectivity index is 1.58. The first-order chi connectivity index (χ1) is 15.1. The summed E-state index contributed by atoms with van der Waals surface area (Å²) >= 11 is 1.43. The highest BCUT2D eigenvalue weighted by Crippen LogP contribution is 2.21. The lowest BCUT2D eigenvalue weighted by atomic mass is 10.1. The molecule has 1 unspecified atom stereocenters. The maximum Gasteiger partial charge on any atom is 0.230 e. The minimum atomic E-state index is 0.00463. The van der Waals surface area contributed by atoms with Gasteiger partial charge < -0.3 is 9.88 Å². The van der Waals surface area contributed by atoms with Crippen molar-refractivity contribution in [3.63, 3.8) is 0 Å². The molecule has 2 aromatic carbocycles. The number of amides is 1. The summed E-state index contributed by atoms with van der Waals surface area (Å²) in [6.07, 6.45) is 0. The Hall–Kier alpha value is -2.64. The molecule has 3 rings (SSSR count). The highest BCUT2D eigenvalue weighted by Gasteiger charge is 2.19. The van der Waals surface area contributed by atoms with Gasteiger partial charge in [-0.3, -0.25) is 9.69 Å².